The molecule has 0 saturated heterocycles. The molecule has 0 N–H and O–H groups in total. The molecule has 34 heavy (non-hydrogen) atoms. The number of methoxy groups -OCH3 is 1. The fourth-order valence-electron chi connectivity index (χ4n) is 4.98. The standard InChI is InChI=1S/C29H31FO3S/c1-19-15-27(33-17-21-9-7-8-12-26(21)30)20(2)28-24(19)13-14-25(29(28)32-3)22(16-31)18-34-23-10-5-4-6-11-23/h4-12,15-16,22,25,29H,13-14,17-18H2,1-3H3/t22?,25?,29-/m1/s1. The molecule has 0 amide bonds. The van der Waals surface area contributed by atoms with Crippen LogP contribution in [0.2, 0.25) is 0 Å². The minimum atomic E-state index is -0.269. The van der Waals surface area contributed by atoms with Crippen molar-refractivity contribution in [3.05, 3.63) is 94.3 Å². The number of thioether (sulfide) groups is 1. The molecule has 3 aromatic carbocycles. The molecular formula is C29H31FO3S. The van der Waals surface area contributed by atoms with Crippen molar-refractivity contribution in [3.63, 3.8) is 0 Å². The lowest BCUT2D eigenvalue weighted by molar-refractivity contribution is -0.114. The summed E-state index contributed by atoms with van der Waals surface area (Å²) in [7, 11) is 1.72. The molecule has 1 aliphatic rings. The van der Waals surface area contributed by atoms with Crippen LogP contribution in [0.5, 0.6) is 5.75 Å². The van der Waals surface area contributed by atoms with E-state index in [1.54, 1.807) is 31.0 Å². The summed E-state index contributed by atoms with van der Waals surface area (Å²) in [6, 6.07) is 18.9. The molecule has 0 bridgehead atoms. The first kappa shape index (κ1) is 24.5. The van der Waals surface area contributed by atoms with Gasteiger partial charge in [0.1, 0.15) is 24.5 Å². The van der Waals surface area contributed by atoms with E-state index < -0.39 is 0 Å². The van der Waals surface area contributed by atoms with Crippen LogP contribution in [0.25, 0.3) is 0 Å². The number of benzene rings is 3. The third kappa shape index (κ3) is 5.21. The second-order valence-corrected chi connectivity index (χ2v) is 9.97. The number of aryl methyl sites for hydroxylation is 1. The number of ether oxygens (including phenoxy) is 2. The zero-order chi connectivity index (χ0) is 24.1. The molecule has 1 aliphatic carbocycles. The van der Waals surface area contributed by atoms with Gasteiger partial charge in [0.05, 0.1) is 6.10 Å². The largest absolute Gasteiger partial charge is 0.489 e. The highest BCUT2D eigenvalue weighted by Gasteiger charge is 2.37. The van der Waals surface area contributed by atoms with E-state index in [9.17, 15) is 9.18 Å². The average molecular weight is 479 g/mol. The first-order chi connectivity index (χ1) is 16.5. The van der Waals surface area contributed by atoms with E-state index in [2.05, 4.69) is 19.1 Å². The molecule has 4 rings (SSSR count). The van der Waals surface area contributed by atoms with E-state index in [4.69, 9.17) is 9.47 Å². The normalized spacial score (nSPS) is 18.2. The van der Waals surface area contributed by atoms with Crippen molar-refractivity contribution >= 4 is 18.0 Å². The number of carbonyl (C=O) groups is 1. The molecule has 3 aromatic rings. The maximum atomic E-state index is 14.1. The van der Waals surface area contributed by atoms with Crippen molar-refractivity contribution < 1.29 is 18.7 Å². The molecule has 3 atom stereocenters. The fourth-order valence-corrected chi connectivity index (χ4v) is 6.04. The summed E-state index contributed by atoms with van der Waals surface area (Å²) in [5.74, 6) is 1.16. The lowest BCUT2D eigenvalue weighted by Gasteiger charge is -2.38. The first-order valence-corrected chi connectivity index (χ1v) is 12.7. The number of fused-ring (bicyclic) bond motifs is 1. The van der Waals surface area contributed by atoms with Gasteiger partial charge in [-0.3, -0.25) is 0 Å². The lowest BCUT2D eigenvalue weighted by atomic mass is 9.73. The Morgan fingerprint density at radius 2 is 1.85 bits per heavy atom. The van der Waals surface area contributed by atoms with Gasteiger partial charge >= 0.3 is 0 Å². The van der Waals surface area contributed by atoms with Crippen LogP contribution in [0.4, 0.5) is 4.39 Å². The minimum Gasteiger partial charge on any atom is -0.489 e. The summed E-state index contributed by atoms with van der Waals surface area (Å²) in [5.41, 5.74) is 5.08. The highest BCUT2D eigenvalue weighted by molar-refractivity contribution is 7.99. The number of hydrogen-bond donors (Lipinski definition) is 0. The monoisotopic (exact) mass is 478 g/mol. The van der Waals surface area contributed by atoms with Crippen LogP contribution in [0.1, 0.15) is 40.3 Å². The van der Waals surface area contributed by atoms with Crippen molar-refractivity contribution in [1.29, 1.82) is 0 Å². The van der Waals surface area contributed by atoms with Crippen LogP contribution in [0.3, 0.4) is 0 Å². The molecule has 5 heteroatoms. The van der Waals surface area contributed by atoms with Crippen molar-refractivity contribution in [1.82, 2.24) is 0 Å². The predicted molar refractivity (Wildman–Crippen MR) is 135 cm³/mol. The van der Waals surface area contributed by atoms with Crippen LogP contribution < -0.4 is 4.74 Å². The van der Waals surface area contributed by atoms with Crippen molar-refractivity contribution in [2.75, 3.05) is 12.9 Å². The molecule has 0 radical (unpaired) electrons. The van der Waals surface area contributed by atoms with Crippen LogP contribution in [-0.4, -0.2) is 19.1 Å². The second kappa shape index (κ2) is 11.2. The van der Waals surface area contributed by atoms with Crippen LogP contribution in [0.15, 0.2) is 65.6 Å². The summed E-state index contributed by atoms with van der Waals surface area (Å²) in [4.78, 5) is 13.3. The molecule has 0 aromatic heterocycles. The third-order valence-corrected chi connectivity index (χ3v) is 7.99. The fraction of sp³-hybridized carbons (Fsp3) is 0.345. The van der Waals surface area contributed by atoms with Gasteiger partial charge in [0.2, 0.25) is 0 Å². The van der Waals surface area contributed by atoms with Gasteiger partial charge in [0.15, 0.2) is 0 Å². The Morgan fingerprint density at radius 3 is 2.56 bits per heavy atom. The molecule has 0 aliphatic heterocycles. The average Bonchev–Trinajstić information content (AvgIpc) is 2.86. The van der Waals surface area contributed by atoms with E-state index >= 15 is 0 Å². The molecule has 2 unspecified atom stereocenters. The Labute approximate surface area is 205 Å². The number of hydrogen-bond acceptors (Lipinski definition) is 4. The maximum Gasteiger partial charge on any atom is 0.129 e. The zero-order valence-electron chi connectivity index (χ0n) is 19.9. The Balaban J connectivity index is 1.59. The van der Waals surface area contributed by atoms with Gasteiger partial charge in [-0.2, -0.15) is 0 Å². The topological polar surface area (TPSA) is 35.5 Å². The number of carbonyl (C=O) groups excluding carboxylic acids is 1. The Morgan fingerprint density at radius 1 is 1.12 bits per heavy atom. The quantitative estimate of drug-likeness (QED) is 0.248. The number of aldehydes is 1. The summed E-state index contributed by atoms with van der Waals surface area (Å²) in [6.07, 6.45) is 2.71. The van der Waals surface area contributed by atoms with E-state index in [-0.39, 0.29) is 30.4 Å². The van der Waals surface area contributed by atoms with Gasteiger partial charge in [-0.15, -0.1) is 11.8 Å². The van der Waals surface area contributed by atoms with Gasteiger partial charge in [-0.05, 0) is 79.1 Å². The minimum absolute atomic E-state index is 0.0890. The van der Waals surface area contributed by atoms with E-state index in [0.717, 1.165) is 52.2 Å². The highest BCUT2D eigenvalue weighted by Crippen LogP contribution is 2.46. The SMILES string of the molecule is CO[C@H]1c2c(C)c(OCc3ccccc3F)cc(C)c2CCC1C(C=O)CSc1ccccc1. The highest BCUT2D eigenvalue weighted by atomic mass is 32.2. The van der Waals surface area contributed by atoms with Crippen LogP contribution in [0, 0.1) is 31.5 Å². The number of rotatable bonds is 9. The van der Waals surface area contributed by atoms with E-state index in [1.165, 1.54) is 11.6 Å². The molecule has 0 spiro atoms. The summed E-state index contributed by atoms with van der Waals surface area (Å²) < 4.78 is 26.3. The number of halogens is 1. The second-order valence-electron chi connectivity index (χ2n) is 8.87. The van der Waals surface area contributed by atoms with Gasteiger partial charge in [-0.25, -0.2) is 4.39 Å². The summed E-state index contributed by atoms with van der Waals surface area (Å²) >= 11 is 1.71. The van der Waals surface area contributed by atoms with Gasteiger partial charge in [0.25, 0.3) is 0 Å². The van der Waals surface area contributed by atoms with Gasteiger partial charge in [-0.1, -0.05) is 36.4 Å². The van der Waals surface area contributed by atoms with Crippen molar-refractivity contribution in [2.45, 2.75) is 44.3 Å². The van der Waals surface area contributed by atoms with Crippen molar-refractivity contribution in [2.24, 2.45) is 11.8 Å². The third-order valence-electron chi connectivity index (χ3n) is 6.83. The Bertz CT molecular complexity index is 1130. The smallest absolute Gasteiger partial charge is 0.129 e. The molecule has 0 saturated carbocycles. The molecule has 3 nitrogen and oxygen atoms in total. The Kier molecular flexibility index (Phi) is 8.07. The lowest BCUT2D eigenvalue weighted by Crippen LogP contribution is -2.32. The van der Waals surface area contributed by atoms with Gasteiger partial charge in [0, 0.05) is 29.2 Å². The predicted octanol–water partition coefficient (Wildman–Crippen LogP) is 6.88. The maximum absolute atomic E-state index is 14.1. The van der Waals surface area contributed by atoms with Crippen LogP contribution in [-0.2, 0) is 22.6 Å². The van der Waals surface area contributed by atoms with Crippen molar-refractivity contribution in [3.8, 4) is 5.75 Å². The van der Waals surface area contributed by atoms with E-state index in [0.29, 0.717) is 5.56 Å². The van der Waals surface area contributed by atoms with Gasteiger partial charge < -0.3 is 14.3 Å². The first-order valence-electron chi connectivity index (χ1n) is 11.7. The molecule has 0 fully saturated rings. The summed E-state index contributed by atoms with van der Waals surface area (Å²) in [6.45, 7) is 4.29. The zero-order valence-corrected chi connectivity index (χ0v) is 20.7. The Hall–Kier alpha value is -2.63. The summed E-state index contributed by atoms with van der Waals surface area (Å²) in [5, 5.41) is 0. The molecule has 0 heterocycles. The van der Waals surface area contributed by atoms with E-state index in [1.807, 2.05) is 37.3 Å². The molecule has 178 valence electrons. The van der Waals surface area contributed by atoms with Crippen LogP contribution >= 0.6 is 11.8 Å². The molecular weight excluding hydrogens is 447 g/mol.